The molecule has 0 bridgehead atoms. The zero-order valence-electron chi connectivity index (χ0n) is 19.0. The fourth-order valence-corrected chi connectivity index (χ4v) is 4.80. The molecule has 0 fully saturated rings. The predicted octanol–water partition coefficient (Wildman–Crippen LogP) is 9.14. The van der Waals surface area contributed by atoms with Crippen molar-refractivity contribution in [2.45, 2.75) is 24.9 Å². The zero-order chi connectivity index (χ0) is 24.8. The lowest BCUT2D eigenvalue weighted by atomic mass is 10.1. The number of aliphatic imine (C=N–C) groups is 1. The molecule has 0 saturated carbocycles. The Hall–Kier alpha value is -2.63. The van der Waals surface area contributed by atoms with Crippen LogP contribution in [-0.2, 0) is 13.1 Å². The maximum Gasteiger partial charge on any atom is 0.169 e. The van der Waals surface area contributed by atoms with Gasteiger partial charge in [-0.1, -0.05) is 88.5 Å². The van der Waals surface area contributed by atoms with Gasteiger partial charge >= 0.3 is 0 Å². The molecule has 0 heterocycles. The third-order valence-electron chi connectivity index (χ3n) is 5.20. The summed E-state index contributed by atoms with van der Waals surface area (Å²) in [4.78, 5) is 8.24. The van der Waals surface area contributed by atoms with Crippen LogP contribution in [0.1, 0.15) is 16.7 Å². The van der Waals surface area contributed by atoms with Crippen molar-refractivity contribution in [1.29, 1.82) is 0 Å². The van der Waals surface area contributed by atoms with Gasteiger partial charge in [-0.3, -0.25) is 0 Å². The van der Waals surface area contributed by atoms with Crippen molar-refractivity contribution in [1.82, 2.24) is 4.90 Å². The van der Waals surface area contributed by atoms with Gasteiger partial charge in [-0.15, -0.1) is 0 Å². The normalized spacial score (nSPS) is 11.5. The first-order valence-corrected chi connectivity index (χ1v) is 12.9. The monoisotopic (exact) mass is 540 g/mol. The average Bonchev–Trinajstić information content (AvgIpc) is 2.83. The highest BCUT2D eigenvalue weighted by Gasteiger charge is 2.16. The molecule has 4 rings (SSSR count). The quantitative estimate of drug-likeness (QED) is 0.150. The maximum atomic E-state index is 9.75. The molecular weight excluding hydrogens is 519 g/mol. The van der Waals surface area contributed by atoms with Crippen molar-refractivity contribution in [2.24, 2.45) is 4.99 Å². The van der Waals surface area contributed by atoms with Crippen molar-refractivity contribution in [3.05, 3.63) is 123 Å². The van der Waals surface area contributed by atoms with Crippen LogP contribution in [0.25, 0.3) is 0 Å². The minimum absolute atomic E-state index is 0.230. The van der Waals surface area contributed by atoms with Gasteiger partial charge in [0.1, 0.15) is 5.75 Å². The lowest BCUT2D eigenvalue weighted by Crippen LogP contribution is -2.28. The van der Waals surface area contributed by atoms with Crippen molar-refractivity contribution in [3.63, 3.8) is 0 Å². The lowest BCUT2D eigenvalue weighted by molar-refractivity contribution is 0.414. The molecule has 178 valence electrons. The van der Waals surface area contributed by atoms with E-state index in [0.29, 0.717) is 33.8 Å². The molecule has 0 aliphatic heterocycles. The van der Waals surface area contributed by atoms with Gasteiger partial charge in [0.25, 0.3) is 0 Å². The molecule has 0 aliphatic carbocycles. The minimum Gasteiger partial charge on any atom is -0.508 e. The number of phenolic OH excluding ortho intramolecular Hbond substituents is 1. The molecule has 4 aromatic carbocycles. The van der Waals surface area contributed by atoms with Crippen LogP contribution in [-0.4, -0.2) is 15.2 Å². The summed E-state index contributed by atoms with van der Waals surface area (Å²) in [6.07, 6.45) is 0. The topological polar surface area (TPSA) is 35.8 Å². The van der Waals surface area contributed by atoms with Crippen molar-refractivity contribution >= 4 is 57.4 Å². The predicted molar refractivity (Wildman–Crippen MR) is 149 cm³/mol. The Kier molecular flexibility index (Phi) is 8.64. The van der Waals surface area contributed by atoms with Gasteiger partial charge < -0.3 is 10.0 Å². The van der Waals surface area contributed by atoms with Gasteiger partial charge in [0, 0.05) is 23.0 Å². The van der Waals surface area contributed by atoms with Gasteiger partial charge in [-0.25, -0.2) is 4.99 Å². The largest absolute Gasteiger partial charge is 0.508 e. The number of aryl methyl sites for hydroxylation is 1. The molecule has 35 heavy (non-hydrogen) atoms. The number of thioether (sulfide) groups is 1. The summed E-state index contributed by atoms with van der Waals surface area (Å²) >= 11 is 20.3. The molecule has 3 nitrogen and oxygen atoms in total. The maximum absolute atomic E-state index is 9.75. The average molecular weight is 542 g/mol. The van der Waals surface area contributed by atoms with Crippen LogP contribution in [0, 0.1) is 6.92 Å². The SMILES string of the molecule is Cc1ccc(SC(=Nc2ccc(Cl)c(Cl)c2)N(Cc2ccc(O)cc2)Cc2cccc(Cl)c2)cc1. The van der Waals surface area contributed by atoms with Crippen LogP contribution >= 0.6 is 46.6 Å². The second kappa shape index (κ2) is 11.9. The number of rotatable bonds is 6. The summed E-state index contributed by atoms with van der Waals surface area (Å²) in [5, 5.41) is 12.2. The second-order valence-electron chi connectivity index (χ2n) is 8.06. The Morgan fingerprint density at radius 1 is 0.800 bits per heavy atom. The standard InChI is InChI=1S/C28H23Cl3N2OS/c1-19-5-12-25(13-6-19)35-28(32-23-9-14-26(30)27(31)16-23)33(17-20-7-10-24(34)11-8-20)18-21-3-2-4-22(29)15-21/h2-16,34H,17-18H2,1H3. The number of aromatic hydroxyl groups is 1. The van der Waals surface area contributed by atoms with E-state index in [4.69, 9.17) is 39.8 Å². The number of phenols is 1. The molecule has 4 aromatic rings. The molecule has 0 aliphatic rings. The fraction of sp³-hybridized carbons (Fsp3) is 0.107. The highest BCUT2D eigenvalue weighted by atomic mass is 35.5. The first-order chi connectivity index (χ1) is 16.9. The number of benzene rings is 4. The number of hydrogen-bond donors (Lipinski definition) is 1. The van der Waals surface area contributed by atoms with E-state index in [0.717, 1.165) is 21.2 Å². The second-order valence-corrected chi connectivity index (χ2v) is 10.4. The Balaban J connectivity index is 1.77. The highest BCUT2D eigenvalue weighted by Crippen LogP contribution is 2.31. The highest BCUT2D eigenvalue weighted by molar-refractivity contribution is 8.13. The summed E-state index contributed by atoms with van der Waals surface area (Å²) in [5.74, 6) is 0.230. The van der Waals surface area contributed by atoms with Gasteiger partial charge in [-0.05, 0) is 72.6 Å². The molecule has 0 unspecified atom stereocenters. The van der Waals surface area contributed by atoms with Gasteiger partial charge in [0.2, 0.25) is 0 Å². The van der Waals surface area contributed by atoms with Crippen LogP contribution in [0.2, 0.25) is 15.1 Å². The molecule has 7 heteroatoms. The Labute approximate surface area is 225 Å². The summed E-state index contributed by atoms with van der Waals surface area (Å²) in [6.45, 7) is 3.22. The van der Waals surface area contributed by atoms with Gasteiger partial charge in [0.05, 0.1) is 15.7 Å². The van der Waals surface area contributed by atoms with Crippen LogP contribution in [0.15, 0.2) is 101 Å². The third-order valence-corrected chi connectivity index (χ3v) is 7.21. The third kappa shape index (κ3) is 7.42. The van der Waals surface area contributed by atoms with Crippen LogP contribution in [0.4, 0.5) is 5.69 Å². The first-order valence-electron chi connectivity index (χ1n) is 10.9. The number of amidine groups is 1. The Morgan fingerprint density at radius 3 is 2.20 bits per heavy atom. The van der Waals surface area contributed by atoms with E-state index >= 15 is 0 Å². The fourth-order valence-electron chi connectivity index (χ4n) is 3.40. The van der Waals surface area contributed by atoms with E-state index in [1.807, 2.05) is 42.5 Å². The van der Waals surface area contributed by atoms with E-state index in [1.54, 1.807) is 36.0 Å². The van der Waals surface area contributed by atoms with Crippen LogP contribution in [0.3, 0.4) is 0 Å². The molecule has 0 saturated heterocycles. The van der Waals surface area contributed by atoms with E-state index in [-0.39, 0.29) is 5.75 Å². The molecule has 0 radical (unpaired) electrons. The van der Waals surface area contributed by atoms with E-state index in [9.17, 15) is 5.11 Å². The Bertz CT molecular complexity index is 1330. The number of halogens is 3. The lowest BCUT2D eigenvalue weighted by Gasteiger charge is -2.26. The van der Waals surface area contributed by atoms with E-state index in [1.165, 1.54) is 5.56 Å². The molecule has 1 N–H and O–H groups in total. The molecule has 0 spiro atoms. The van der Waals surface area contributed by atoms with Gasteiger partial charge in [-0.2, -0.15) is 0 Å². The Morgan fingerprint density at radius 2 is 1.51 bits per heavy atom. The summed E-state index contributed by atoms with van der Waals surface area (Å²) < 4.78 is 0. The first kappa shape index (κ1) is 25.5. The minimum atomic E-state index is 0.230. The van der Waals surface area contributed by atoms with Crippen molar-refractivity contribution in [2.75, 3.05) is 0 Å². The van der Waals surface area contributed by atoms with Crippen molar-refractivity contribution in [3.8, 4) is 5.75 Å². The molecule has 0 atom stereocenters. The summed E-state index contributed by atoms with van der Waals surface area (Å²) in [6, 6.07) is 28.7. The van der Waals surface area contributed by atoms with Crippen LogP contribution < -0.4 is 0 Å². The van der Waals surface area contributed by atoms with E-state index in [2.05, 4.69) is 36.1 Å². The summed E-state index contributed by atoms with van der Waals surface area (Å²) in [5.41, 5.74) is 3.99. The molecule has 0 amide bonds. The summed E-state index contributed by atoms with van der Waals surface area (Å²) in [7, 11) is 0. The molecular formula is C28H23Cl3N2OS. The molecule has 0 aromatic heterocycles. The number of nitrogens with zero attached hydrogens (tertiary/aromatic N) is 2. The van der Waals surface area contributed by atoms with E-state index < -0.39 is 0 Å². The van der Waals surface area contributed by atoms with Gasteiger partial charge in [0.15, 0.2) is 5.17 Å². The smallest absolute Gasteiger partial charge is 0.169 e. The zero-order valence-corrected chi connectivity index (χ0v) is 22.0. The number of hydrogen-bond acceptors (Lipinski definition) is 3. The van der Waals surface area contributed by atoms with Crippen LogP contribution in [0.5, 0.6) is 5.75 Å². The van der Waals surface area contributed by atoms with Crippen molar-refractivity contribution < 1.29 is 5.11 Å².